The lowest BCUT2D eigenvalue weighted by molar-refractivity contribution is 0.0527. The molecule has 1 aromatic carbocycles. The molecule has 0 atom stereocenters. The van der Waals surface area contributed by atoms with Crippen molar-refractivity contribution in [2.45, 2.75) is 25.7 Å². The predicted molar refractivity (Wildman–Crippen MR) is 91.0 cm³/mol. The molecule has 25 heavy (non-hydrogen) atoms. The fourth-order valence-electron chi connectivity index (χ4n) is 2.47. The first-order valence-corrected chi connectivity index (χ1v) is 8.78. The van der Waals surface area contributed by atoms with Gasteiger partial charge in [0.2, 0.25) is 9.97 Å². The Morgan fingerprint density at radius 2 is 2.12 bits per heavy atom. The van der Waals surface area contributed by atoms with Gasteiger partial charge in [0.25, 0.3) is 5.91 Å². The van der Waals surface area contributed by atoms with Crippen LogP contribution in [0, 0.1) is 0 Å². The van der Waals surface area contributed by atoms with Crippen LogP contribution < -0.4 is 5.32 Å². The van der Waals surface area contributed by atoms with E-state index >= 15 is 0 Å². The van der Waals surface area contributed by atoms with E-state index in [2.05, 4.69) is 20.6 Å². The van der Waals surface area contributed by atoms with E-state index in [4.69, 9.17) is 4.74 Å². The van der Waals surface area contributed by atoms with Crippen molar-refractivity contribution in [1.29, 1.82) is 0 Å². The number of aromatic nitrogens is 4. The predicted octanol–water partition coefficient (Wildman–Crippen LogP) is 2.49. The molecule has 2 aromatic heterocycles. The first-order chi connectivity index (χ1) is 12.2. The highest BCUT2D eigenvalue weighted by atomic mass is 32.1. The topological polar surface area (TPSA) is 98.5 Å². The van der Waals surface area contributed by atoms with Crippen molar-refractivity contribution < 1.29 is 14.3 Å². The highest BCUT2D eigenvalue weighted by Crippen LogP contribution is 2.39. The molecule has 8 nitrogen and oxygen atoms in total. The van der Waals surface area contributed by atoms with Gasteiger partial charge in [-0.25, -0.2) is 4.79 Å². The summed E-state index contributed by atoms with van der Waals surface area (Å²) in [4.78, 5) is 25.1. The maximum Gasteiger partial charge on any atom is 0.340 e. The van der Waals surface area contributed by atoms with Gasteiger partial charge < -0.3 is 10.1 Å². The zero-order chi connectivity index (χ0) is 17.4. The lowest BCUT2D eigenvalue weighted by Gasteiger charge is -2.09. The van der Waals surface area contributed by atoms with Gasteiger partial charge in [-0.15, -0.1) is 15.3 Å². The fraction of sp³-hybridized carbons (Fsp3) is 0.312. The van der Waals surface area contributed by atoms with Crippen molar-refractivity contribution in [2.75, 3.05) is 11.9 Å². The van der Waals surface area contributed by atoms with Crippen LogP contribution in [0.2, 0.25) is 0 Å². The molecule has 1 saturated carbocycles. The third-order valence-electron chi connectivity index (χ3n) is 3.82. The Balaban J connectivity index is 1.59. The Labute approximate surface area is 146 Å². The second-order valence-electron chi connectivity index (χ2n) is 5.65. The van der Waals surface area contributed by atoms with Crippen molar-refractivity contribution in [2.24, 2.45) is 0 Å². The monoisotopic (exact) mass is 357 g/mol. The van der Waals surface area contributed by atoms with E-state index in [0.717, 1.165) is 18.7 Å². The van der Waals surface area contributed by atoms with E-state index in [0.29, 0.717) is 22.1 Å². The normalized spacial score (nSPS) is 13.8. The van der Waals surface area contributed by atoms with Crippen LogP contribution in [0.3, 0.4) is 0 Å². The zero-order valence-electron chi connectivity index (χ0n) is 13.4. The second-order valence-corrected chi connectivity index (χ2v) is 6.61. The molecule has 1 N–H and O–H groups in total. The number of anilines is 1. The summed E-state index contributed by atoms with van der Waals surface area (Å²) in [6.07, 6.45) is 2.15. The first kappa shape index (κ1) is 15.7. The van der Waals surface area contributed by atoms with E-state index in [1.54, 1.807) is 35.7 Å². The van der Waals surface area contributed by atoms with Gasteiger partial charge in [0, 0.05) is 5.92 Å². The average molecular weight is 357 g/mol. The number of carbonyl (C=O) groups is 2. The molecule has 1 amide bonds. The molecule has 3 aromatic rings. The Morgan fingerprint density at radius 1 is 1.32 bits per heavy atom. The Hall–Kier alpha value is -2.81. The van der Waals surface area contributed by atoms with Crippen LogP contribution in [0.15, 0.2) is 24.3 Å². The number of ether oxygens (including phenoxy) is 1. The minimum atomic E-state index is -0.479. The number of hydrogen-bond acceptors (Lipinski definition) is 7. The number of rotatable bonds is 5. The van der Waals surface area contributed by atoms with Gasteiger partial charge in [-0.3, -0.25) is 4.79 Å². The Morgan fingerprint density at radius 3 is 2.88 bits per heavy atom. The molecule has 0 bridgehead atoms. The number of esters is 1. The molecule has 0 aliphatic heterocycles. The summed E-state index contributed by atoms with van der Waals surface area (Å²) in [7, 11) is 0. The molecule has 1 aliphatic carbocycles. The van der Waals surface area contributed by atoms with Gasteiger partial charge in [0.05, 0.1) is 17.9 Å². The molecular weight excluding hydrogens is 342 g/mol. The Bertz CT molecular complexity index is 960. The molecule has 2 heterocycles. The first-order valence-electron chi connectivity index (χ1n) is 7.97. The molecule has 0 spiro atoms. The minimum Gasteiger partial charge on any atom is -0.462 e. The van der Waals surface area contributed by atoms with E-state index < -0.39 is 11.9 Å². The van der Waals surface area contributed by atoms with Crippen molar-refractivity contribution >= 4 is 33.9 Å². The van der Waals surface area contributed by atoms with Crippen molar-refractivity contribution in [3.63, 3.8) is 0 Å². The van der Waals surface area contributed by atoms with Gasteiger partial charge in [0.1, 0.15) is 0 Å². The third-order valence-corrected chi connectivity index (χ3v) is 4.72. The third kappa shape index (κ3) is 2.98. The number of carbonyl (C=O) groups excluding carboxylic acids is 2. The summed E-state index contributed by atoms with van der Waals surface area (Å²) in [5.74, 6) is 0.316. The molecule has 1 fully saturated rings. The highest BCUT2D eigenvalue weighted by molar-refractivity contribution is 7.18. The van der Waals surface area contributed by atoms with Crippen LogP contribution in [0.25, 0.3) is 4.96 Å². The van der Waals surface area contributed by atoms with Gasteiger partial charge in [-0.05, 0) is 31.9 Å². The lowest BCUT2D eigenvalue weighted by atomic mass is 10.2. The molecule has 128 valence electrons. The number of fused-ring (bicyclic) bond motifs is 1. The number of amides is 1. The van der Waals surface area contributed by atoms with E-state index in [1.807, 2.05) is 0 Å². The molecule has 0 radical (unpaired) electrons. The summed E-state index contributed by atoms with van der Waals surface area (Å²) in [5.41, 5.74) is 0.693. The summed E-state index contributed by atoms with van der Waals surface area (Å²) >= 11 is 1.17. The van der Waals surface area contributed by atoms with Crippen LogP contribution in [0.1, 0.15) is 51.7 Å². The maximum atomic E-state index is 12.5. The summed E-state index contributed by atoms with van der Waals surface area (Å²) < 4.78 is 6.65. The van der Waals surface area contributed by atoms with E-state index in [-0.39, 0.29) is 11.6 Å². The fourth-order valence-corrected chi connectivity index (χ4v) is 3.22. The van der Waals surface area contributed by atoms with E-state index in [1.165, 1.54) is 11.3 Å². The number of hydrogen-bond donors (Lipinski definition) is 1. The van der Waals surface area contributed by atoms with Crippen molar-refractivity contribution in [3.8, 4) is 0 Å². The number of nitrogens with one attached hydrogen (secondary N) is 1. The zero-order valence-corrected chi connectivity index (χ0v) is 14.2. The number of nitrogens with zero attached hydrogens (tertiary/aromatic N) is 4. The SMILES string of the molecule is CCOC(=O)c1ccccc1NC(=O)c1nn2c(C3CC3)nnc2s1. The van der Waals surface area contributed by atoms with Crippen molar-refractivity contribution in [1.82, 2.24) is 19.8 Å². The van der Waals surface area contributed by atoms with Crippen LogP contribution >= 0.6 is 11.3 Å². The number of para-hydroxylation sites is 1. The maximum absolute atomic E-state index is 12.5. The van der Waals surface area contributed by atoms with Crippen LogP contribution in [0.4, 0.5) is 5.69 Å². The van der Waals surface area contributed by atoms with Crippen LogP contribution in [-0.2, 0) is 4.74 Å². The highest BCUT2D eigenvalue weighted by Gasteiger charge is 2.30. The van der Waals surface area contributed by atoms with Gasteiger partial charge in [0.15, 0.2) is 5.82 Å². The van der Waals surface area contributed by atoms with Gasteiger partial charge >= 0.3 is 5.97 Å². The largest absolute Gasteiger partial charge is 0.462 e. The quantitative estimate of drug-likeness (QED) is 0.705. The van der Waals surface area contributed by atoms with Gasteiger partial charge in [-0.2, -0.15) is 4.52 Å². The van der Waals surface area contributed by atoms with Crippen LogP contribution in [0.5, 0.6) is 0 Å². The standard InChI is InChI=1S/C16H15N5O3S/c1-2-24-15(23)10-5-3-4-6-11(10)17-13(22)14-20-21-12(9-7-8-9)18-19-16(21)25-14/h3-6,9H,2,7-8H2,1H3,(H,17,22). The van der Waals surface area contributed by atoms with Crippen molar-refractivity contribution in [3.05, 3.63) is 40.7 Å². The molecule has 1 aliphatic rings. The Kier molecular flexibility index (Phi) is 3.92. The minimum absolute atomic E-state index is 0.266. The summed E-state index contributed by atoms with van der Waals surface area (Å²) in [6.45, 7) is 2.00. The average Bonchev–Trinajstić information content (AvgIpc) is 3.23. The number of benzene rings is 1. The lowest BCUT2D eigenvalue weighted by Crippen LogP contribution is -2.16. The second kappa shape index (κ2) is 6.25. The van der Waals surface area contributed by atoms with E-state index in [9.17, 15) is 9.59 Å². The molecule has 0 saturated heterocycles. The molecule has 0 unspecified atom stereocenters. The molecule has 9 heteroatoms. The summed E-state index contributed by atoms with van der Waals surface area (Å²) in [5, 5.41) is 15.5. The smallest absolute Gasteiger partial charge is 0.340 e. The van der Waals surface area contributed by atoms with Crippen LogP contribution in [-0.4, -0.2) is 38.3 Å². The molecular formula is C16H15N5O3S. The van der Waals surface area contributed by atoms with Gasteiger partial charge in [-0.1, -0.05) is 23.5 Å². The summed E-state index contributed by atoms with van der Waals surface area (Å²) in [6, 6.07) is 6.71. The molecule has 4 rings (SSSR count).